The standard InChI is InChI=1S/C21H22BrFN2OS.2C20H23BrN2OS.C19H21BrN2O2.C19H22N2OS/c1-26-19-9-8-15(22)11-14(19)13-27-20-17(6-4-7-18(20)23)21-24-12-16-5-2-3-10-25(16)21;1-14(2)24-18-9-8-16(21)12-15(18)13-25-19-7-4-3-6-17(19)20-22-10-5-11-23-20;1-2-12-24-18-9-8-16(21)13-15(18)14-25-19-7-4-3-6-17(19)20-22-10-5-11-23-20;1-23-18-8-7-16(20)11-15(18)13-24-12-14-5-2-3-6-17(14)19-21-9-4-10-22-19;1-14-8-9-17(22-2)15(12-14)13-23-18-7-4-3-6-16(18)19-20-10-5-11-21-19/h4,6-9,11,16H,2-3,5,10,12-13H2,1H3;3-4,6-9,12,14H,5,10-11,13H2,1-2H3,(H,22,23);3-4,6-9,13H,2,5,10-12,14H2,1H3,(H,22,23);2-3,5-8,11H,4,9-10,12-13H2,1H3,(H,21,22);3-4,6-9,12H,5,10-11,13H2,1-2H3,(H,20,21). The molecule has 10 aromatic rings. The number of halogens is 5. The first kappa shape index (κ1) is 94.9. The van der Waals surface area contributed by atoms with Crippen molar-refractivity contribution in [1.82, 2.24) is 26.2 Å². The van der Waals surface area contributed by atoms with Gasteiger partial charge in [-0.2, -0.15) is 0 Å². The number of ether oxygens (including phenoxy) is 6. The molecular weight excluding hydrogens is 1890 g/mol. The van der Waals surface area contributed by atoms with Gasteiger partial charge in [-0.15, -0.1) is 47.0 Å². The molecule has 124 heavy (non-hydrogen) atoms. The van der Waals surface area contributed by atoms with Crippen LogP contribution in [0.3, 0.4) is 0 Å². The number of methoxy groups -OCH3 is 3. The maximum absolute atomic E-state index is 14.8. The lowest BCUT2D eigenvalue weighted by atomic mass is 10.0. The number of fused-ring (bicyclic) bond motifs is 1. The lowest BCUT2D eigenvalue weighted by Crippen LogP contribution is -2.40. The first-order valence-electron chi connectivity index (χ1n) is 42.5. The summed E-state index contributed by atoms with van der Waals surface area (Å²) >= 11 is 21.1. The van der Waals surface area contributed by atoms with Crippen molar-refractivity contribution in [1.29, 1.82) is 0 Å². The van der Waals surface area contributed by atoms with Gasteiger partial charge in [0.2, 0.25) is 0 Å². The van der Waals surface area contributed by atoms with Crippen LogP contribution >= 0.6 is 111 Å². The minimum Gasteiger partial charge on any atom is -0.496 e. The molecule has 10 aromatic carbocycles. The van der Waals surface area contributed by atoms with Gasteiger partial charge in [-0.3, -0.25) is 25.0 Å². The number of rotatable bonds is 29. The Labute approximate surface area is 782 Å². The summed E-state index contributed by atoms with van der Waals surface area (Å²) in [6.45, 7) is 19.5. The molecule has 0 spiro atoms. The Kier molecular flexibility index (Phi) is 38.5. The monoisotopic (exact) mass is 2000 g/mol. The zero-order chi connectivity index (χ0) is 86.8. The summed E-state index contributed by atoms with van der Waals surface area (Å²) in [7, 11) is 5.07. The summed E-state index contributed by atoms with van der Waals surface area (Å²) in [5, 5.41) is 13.6. The predicted octanol–water partition coefficient (Wildman–Crippen LogP) is 24.0. The van der Waals surface area contributed by atoms with Gasteiger partial charge in [-0.25, -0.2) is 4.39 Å². The van der Waals surface area contributed by atoms with E-state index in [1.807, 2.05) is 120 Å². The number of nitrogens with zero attached hydrogens (tertiary/aromatic N) is 6. The third-order valence-electron chi connectivity index (χ3n) is 20.7. The van der Waals surface area contributed by atoms with Crippen molar-refractivity contribution in [3.8, 4) is 28.7 Å². The van der Waals surface area contributed by atoms with Gasteiger partial charge >= 0.3 is 0 Å². The molecule has 4 N–H and O–H groups in total. The zero-order valence-electron chi connectivity index (χ0n) is 71.6. The van der Waals surface area contributed by atoms with Crippen molar-refractivity contribution < 1.29 is 32.8 Å². The quantitative estimate of drug-likeness (QED) is 0.0327. The molecule has 1 atom stereocenters. The maximum atomic E-state index is 14.8. The second-order valence-electron chi connectivity index (χ2n) is 30.2. The number of hydrogen-bond donors (Lipinski definition) is 4. The Hall–Kier alpha value is -8.24. The fraction of sp³-hybridized carbons (Fsp3) is 0.343. The highest BCUT2D eigenvalue weighted by Crippen LogP contribution is 2.40. The van der Waals surface area contributed by atoms with E-state index in [1.165, 1.54) is 90.7 Å². The van der Waals surface area contributed by atoms with Crippen LogP contribution in [0.25, 0.3) is 0 Å². The topological polar surface area (TPSA) is 169 Å². The molecule has 0 radical (unpaired) electrons. The van der Waals surface area contributed by atoms with E-state index in [0.29, 0.717) is 29.9 Å². The van der Waals surface area contributed by atoms with Crippen molar-refractivity contribution in [2.45, 2.75) is 147 Å². The number of thioether (sulfide) groups is 4. The molecule has 6 aliphatic heterocycles. The van der Waals surface area contributed by atoms with E-state index < -0.39 is 0 Å². The zero-order valence-corrected chi connectivity index (χ0v) is 81.2. The number of nitrogens with one attached hydrogen (secondary N) is 4. The minimum atomic E-state index is -0.186. The molecule has 25 heteroatoms. The van der Waals surface area contributed by atoms with Gasteiger partial charge in [0.05, 0.1) is 64.7 Å². The number of amidine groups is 5. The molecule has 1 saturated heterocycles. The predicted molar refractivity (Wildman–Crippen MR) is 530 cm³/mol. The number of aliphatic imine (C=N–C) groups is 5. The molecule has 652 valence electrons. The lowest BCUT2D eigenvalue weighted by molar-refractivity contribution is 0.105. The number of aryl methyl sites for hydroxylation is 1. The first-order chi connectivity index (χ1) is 60.6. The Bertz CT molecular complexity index is 5330. The van der Waals surface area contributed by atoms with Gasteiger partial charge in [0.25, 0.3) is 0 Å². The molecule has 0 bridgehead atoms. The van der Waals surface area contributed by atoms with E-state index in [4.69, 9.17) is 33.4 Å². The van der Waals surface area contributed by atoms with Crippen LogP contribution in [0.15, 0.2) is 269 Å². The molecule has 0 amide bonds. The van der Waals surface area contributed by atoms with Crippen LogP contribution in [-0.4, -0.2) is 140 Å². The van der Waals surface area contributed by atoms with Crippen LogP contribution < -0.4 is 45.0 Å². The second kappa shape index (κ2) is 50.3. The Morgan fingerprint density at radius 2 is 0.839 bits per heavy atom. The highest BCUT2D eigenvalue weighted by atomic mass is 79.9. The van der Waals surface area contributed by atoms with E-state index in [-0.39, 0.29) is 11.9 Å². The third-order valence-corrected chi connectivity index (χ3v) is 27.2. The van der Waals surface area contributed by atoms with E-state index in [1.54, 1.807) is 27.4 Å². The van der Waals surface area contributed by atoms with E-state index in [0.717, 1.165) is 225 Å². The normalized spacial score (nSPS) is 15.1. The van der Waals surface area contributed by atoms with Gasteiger partial charge in [0.1, 0.15) is 63.7 Å². The molecule has 16 nitrogen and oxygen atoms in total. The van der Waals surface area contributed by atoms with Crippen molar-refractivity contribution >= 4 is 140 Å². The molecule has 0 aliphatic carbocycles. The average molecular weight is 2000 g/mol. The van der Waals surface area contributed by atoms with E-state index >= 15 is 0 Å². The van der Waals surface area contributed by atoms with Gasteiger partial charge < -0.3 is 54.6 Å². The van der Waals surface area contributed by atoms with Crippen LogP contribution in [-0.2, 0) is 41.0 Å². The molecule has 0 aromatic heterocycles. The van der Waals surface area contributed by atoms with Crippen LogP contribution in [0, 0.1) is 12.7 Å². The summed E-state index contributed by atoms with van der Waals surface area (Å²) in [6.07, 6.45) is 9.21. The molecule has 1 unspecified atom stereocenters. The summed E-state index contributed by atoms with van der Waals surface area (Å²) in [4.78, 5) is 30.1. The van der Waals surface area contributed by atoms with E-state index in [9.17, 15) is 4.39 Å². The summed E-state index contributed by atoms with van der Waals surface area (Å²) in [6, 6.07) is 70.1. The molecule has 1 fully saturated rings. The third kappa shape index (κ3) is 28.1. The number of hydrogen-bond acceptors (Lipinski definition) is 20. The Balaban J connectivity index is 0.000000141. The molecule has 16 rings (SSSR count). The summed E-state index contributed by atoms with van der Waals surface area (Å²) in [5.74, 6) is 12.6. The second-order valence-corrected chi connectivity index (χ2v) is 37.9. The van der Waals surface area contributed by atoms with Gasteiger partial charge in [-0.1, -0.05) is 173 Å². The fourth-order valence-corrected chi connectivity index (χ4v) is 20.4. The number of benzene rings is 10. The van der Waals surface area contributed by atoms with Crippen molar-refractivity contribution in [3.05, 3.63) is 297 Å². The smallest absolute Gasteiger partial charge is 0.137 e. The molecular formula is C99H111Br4FN10O6S4. The average Bonchev–Trinajstić information content (AvgIpc) is 1.64. The maximum Gasteiger partial charge on any atom is 0.137 e. The molecule has 6 heterocycles. The van der Waals surface area contributed by atoms with E-state index in [2.05, 4.69) is 247 Å². The molecule has 6 aliphatic rings. The van der Waals surface area contributed by atoms with Crippen LogP contribution in [0.4, 0.5) is 4.39 Å². The Morgan fingerprint density at radius 3 is 1.33 bits per heavy atom. The van der Waals surface area contributed by atoms with Gasteiger partial charge in [0, 0.05) is 170 Å². The SMILES string of the molecule is CC(C)Oc1ccc(Br)cc1CSc1ccccc1C1=NCCCN1.CCCOc1ccc(Br)cc1CSc1ccccc1C1=NCCCN1.COc1ccc(Br)cc1COCc1ccccc1C1=NCCCN1.COc1ccc(Br)cc1CSc1c(F)cccc1C1=NCC2CCCCN12.COc1ccc(C)cc1CSc1ccccc1C1=NCCCN1. The largest absolute Gasteiger partial charge is 0.496 e. The van der Waals surface area contributed by atoms with Crippen molar-refractivity contribution in [2.75, 3.05) is 93.4 Å². The first-order valence-corrected chi connectivity index (χ1v) is 49.6. The summed E-state index contributed by atoms with van der Waals surface area (Å²) < 4.78 is 53.1. The highest BCUT2D eigenvalue weighted by molar-refractivity contribution is 9.11. The summed E-state index contributed by atoms with van der Waals surface area (Å²) in [5.41, 5.74) is 13.7. The van der Waals surface area contributed by atoms with Crippen LogP contribution in [0.1, 0.15) is 139 Å². The fourth-order valence-electron chi connectivity index (χ4n) is 14.6. The minimum absolute atomic E-state index is 0.165. The van der Waals surface area contributed by atoms with Gasteiger partial charge in [-0.05, 0) is 187 Å². The van der Waals surface area contributed by atoms with Crippen LogP contribution in [0.5, 0.6) is 28.7 Å². The molecule has 0 saturated carbocycles. The van der Waals surface area contributed by atoms with Crippen molar-refractivity contribution in [2.24, 2.45) is 25.0 Å². The lowest BCUT2D eigenvalue weighted by Gasteiger charge is -2.32. The van der Waals surface area contributed by atoms with Crippen molar-refractivity contribution in [3.63, 3.8) is 0 Å². The Morgan fingerprint density at radius 1 is 0.427 bits per heavy atom. The van der Waals surface area contributed by atoms with Crippen LogP contribution in [0.2, 0.25) is 0 Å². The van der Waals surface area contributed by atoms with Gasteiger partial charge in [0.15, 0.2) is 0 Å². The highest BCUT2D eigenvalue weighted by Gasteiger charge is 2.33. The number of piperidine rings is 1.